The summed E-state index contributed by atoms with van der Waals surface area (Å²) in [6.45, 7) is 2.77. The van der Waals surface area contributed by atoms with Crippen LogP contribution in [0.5, 0.6) is 5.75 Å². The Labute approximate surface area is 156 Å². The number of aromatic amines is 1. The average molecular weight is 374 g/mol. The van der Waals surface area contributed by atoms with E-state index in [4.69, 9.17) is 14.2 Å². The lowest BCUT2D eigenvalue weighted by atomic mass is 10.1. The molecule has 0 aliphatic carbocycles. The van der Waals surface area contributed by atoms with Crippen LogP contribution in [0.25, 0.3) is 21.8 Å². The van der Waals surface area contributed by atoms with E-state index in [9.17, 15) is 9.18 Å². The van der Waals surface area contributed by atoms with Crippen LogP contribution in [-0.2, 0) is 14.3 Å². The number of anilines is 1. The molecule has 3 aromatic rings. The normalized spacial score (nSPS) is 11.2. The standard InChI is InChI=1S/C20H23FN2O4/c1-14(24)22-15-2-4-17-18-5-3-16(13-20(18)23-19(17)12-15)27-11-10-26-9-8-25-7-6-21/h2-5,12-13,23H,6-11H2,1H3,(H,22,24). The molecule has 3 rings (SSSR count). The van der Waals surface area contributed by atoms with E-state index < -0.39 is 6.67 Å². The highest BCUT2D eigenvalue weighted by atomic mass is 19.1. The molecule has 0 saturated carbocycles. The number of benzene rings is 2. The van der Waals surface area contributed by atoms with Crippen LogP contribution in [0.2, 0.25) is 0 Å². The first-order valence-electron chi connectivity index (χ1n) is 8.84. The minimum absolute atomic E-state index is 0.0997. The van der Waals surface area contributed by atoms with Crippen molar-refractivity contribution in [2.45, 2.75) is 6.92 Å². The second kappa shape index (κ2) is 9.34. The van der Waals surface area contributed by atoms with Gasteiger partial charge in [0.25, 0.3) is 0 Å². The number of aromatic nitrogens is 1. The molecule has 27 heavy (non-hydrogen) atoms. The Kier molecular flexibility index (Phi) is 6.62. The molecular weight excluding hydrogens is 351 g/mol. The summed E-state index contributed by atoms with van der Waals surface area (Å²) >= 11 is 0. The molecular formula is C20H23FN2O4. The number of ether oxygens (including phenoxy) is 3. The van der Waals surface area contributed by atoms with Gasteiger partial charge < -0.3 is 24.5 Å². The van der Waals surface area contributed by atoms with Crippen molar-refractivity contribution >= 4 is 33.4 Å². The van der Waals surface area contributed by atoms with Crippen LogP contribution in [-0.4, -0.2) is 50.6 Å². The maximum absolute atomic E-state index is 11.9. The van der Waals surface area contributed by atoms with E-state index in [2.05, 4.69) is 10.3 Å². The molecule has 0 aliphatic rings. The molecule has 2 N–H and O–H groups in total. The Hall–Kier alpha value is -2.64. The Balaban J connectivity index is 1.58. The summed E-state index contributed by atoms with van der Waals surface area (Å²) in [6, 6.07) is 11.7. The van der Waals surface area contributed by atoms with E-state index >= 15 is 0 Å². The minimum atomic E-state index is -0.478. The van der Waals surface area contributed by atoms with Crippen molar-refractivity contribution in [1.82, 2.24) is 4.98 Å². The quantitative estimate of drug-likeness (QED) is 0.531. The van der Waals surface area contributed by atoms with Gasteiger partial charge in [0, 0.05) is 35.0 Å². The van der Waals surface area contributed by atoms with Crippen LogP contribution >= 0.6 is 0 Å². The topological polar surface area (TPSA) is 72.6 Å². The van der Waals surface area contributed by atoms with Crippen molar-refractivity contribution in [3.8, 4) is 5.75 Å². The first kappa shape index (κ1) is 19.1. The summed E-state index contributed by atoms with van der Waals surface area (Å²) in [5.41, 5.74) is 2.67. The Bertz CT molecular complexity index is 910. The number of hydrogen-bond acceptors (Lipinski definition) is 4. The molecule has 2 aromatic carbocycles. The average Bonchev–Trinajstić information content (AvgIpc) is 3.00. The van der Waals surface area contributed by atoms with Crippen molar-refractivity contribution in [2.24, 2.45) is 0 Å². The molecule has 0 fully saturated rings. The molecule has 0 atom stereocenters. The van der Waals surface area contributed by atoms with Crippen molar-refractivity contribution in [2.75, 3.05) is 45.0 Å². The van der Waals surface area contributed by atoms with Gasteiger partial charge in [-0.15, -0.1) is 0 Å². The fourth-order valence-corrected chi connectivity index (χ4v) is 2.86. The summed E-state index contributed by atoms with van der Waals surface area (Å²) < 4.78 is 27.9. The summed E-state index contributed by atoms with van der Waals surface area (Å²) in [7, 11) is 0. The van der Waals surface area contributed by atoms with E-state index in [1.54, 1.807) is 0 Å². The van der Waals surface area contributed by atoms with Gasteiger partial charge >= 0.3 is 0 Å². The van der Waals surface area contributed by atoms with E-state index in [1.807, 2.05) is 36.4 Å². The van der Waals surface area contributed by atoms with Gasteiger partial charge in [0.1, 0.15) is 19.0 Å². The van der Waals surface area contributed by atoms with Crippen molar-refractivity contribution in [3.05, 3.63) is 36.4 Å². The van der Waals surface area contributed by atoms with Gasteiger partial charge in [-0.3, -0.25) is 4.79 Å². The van der Waals surface area contributed by atoms with Gasteiger partial charge in [0.15, 0.2) is 0 Å². The van der Waals surface area contributed by atoms with Crippen LogP contribution < -0.4 is 10.1 Å². The molecule has 1 aromatic heterocycles. The molecule has 0 radical (unpaired) electrons. The number of H-pyrrole nitrogens is 1. The third-order valence-corrected chi connectivity index (χ3v) is 3.98. The fourth-order valence-electron chi connectivity index (χ4n) is 2.86. The molecule has 6 nitrogen and oxygen atoms in total. The van der Waals surface area contributed by atoms with Gasteiger partial charge in [0.05, 0.1) is 31.9 Å². The van der Waals surface area contributed by atoms with Gasteiger partial charge in [-0.1, -0.05) is 6.07 Å². The van der Waals surface area contributed by atoms with Gasteiger partial charge in [-0.2, -0.15) is 0 Å². The number of alkyl halides is 1. The number of rotatable bonds is 10. The molecule has 0 aliphatic heterocycles. The molecule has 1 heterocycles. The Morgan fingerprint density at radius 2 is 1.63 bits per heavy atom. The minimum Gasteiger partial charge on any atom is -0.491 e. The zero-order chi connectivity index (χ0) is 19.1. The molecule has 1 amide bonds. The zero-order valence-corrected chi connectivity index (χ0v) is 15.2. The van der Waals surface area contributed by atoms with E-state index in [0.717, 1.165) is 33.2 Å². The second-order valence-corrected chi connectivity index (χ2v) is 6.04. The van der Waals surface area contributed by atoms with Crippen LogP contribution in [0, 0.1) is 0 Å². The molecule has 0 saturated heterocycles. The maximum atomic E-state index is 11.9. The van der Waals surface area contributed by atoms with Gasteiger partial charge in [0.2, 0.25) is 5.91 Å². The SMILES string of the molecule is CC(=O)Nc1ccc2c(c1)[nH]c1cc(OCCOCCOCCF)ccc12. The van der Waals surface area contributed by atoms with Crippen LogP contribution in [0.1, 0.15) is 6.92 Å². The molecule has 0 bridgehead atoms. The Morgan fingerprint density at radius 3 is 2.37 bits per heavy atom. The van der Waals surface area contributed by atoms with Crippen molar-refractivity contribution in [3.63, 3.8) is 0 Å². The largest absolute Gasteiger partial charge is 0.491 e. The zero-order valence-electron chi connectivity index (χ0n) is 15.2. The third-order valence-electron chi connectivity index (χ3n) is 3.98. The number of nitrogens with one attached hydrogen (secondary N) is 2. The van der Waals surface area contributed by atoms with Crippen molar-refractivity contribution < 1.29 is 23.4 Å². The van der Waals surface area contributed by atoms with Gasteiger partial charge in [-0.25, -0.2) is 4.39 Å². The lowest BCUT2D eigenvalue weighted by molar-refractivity contribution is -0.114. The monoisotopic (exact) mass is 374 g/mol. The number of hydrogen-bond donors (Lipinski definition) is 2. The number of fused-ring (bicyclic) bond motifs is 3. The summed E-state index contributed by atoms with van der Waals surface area (Å²) in [4.78, 5) is 14.6. The fraction of sp³-hybridized carbons (Fsp3) is 0.350. The molecule has 7 heteroatoms. The maximum Gasteiger partial charge on any atom is 0.221 e. The molecule has 0 unspecified atom stereocenters. The summed E-state index contributed by atoms with van der Waals surface area (Å²) in [5.74, 6) is 0.644. The number of carbonyl (C=O) groups is 1. The van der Waals surface area contributed by atoms with Crippen LogP contribution in [0.4, 0.5) is 10.1 Å². The van der Waals surface area contributed by atoms with E-state index in [0.29, 0.717) is 26.4 Å². The summed E-state index contributed by atoms with van der Waals surface area (Å²) in [6.07, 6.45) is 0. The highest BCUT2D eigenvalue weighted by Gasteiger charge is 2.07. The third kappa shape index (κ3) is 5.18. The smallest absolute Gasteiger partial charge is 0.221 e. The summed E-state index contributed by atoms with van der Waals surface area (Å²) in [5, 5.41) is 4.96. The van der Waals surface area contributed by atoms with Crippen LogP contribution in [0.15, 0.2) is 36.4 Å². The molecule has 0 spiro atoms. The van der Waals surface area contributed by atoms with Crippen LogP contribution in [0.3, 0.4) is 0 Å². The van der Waals surface area contributed by atoms with E-state index in [1.165, 1.54) is 6.92 Å². The number of halogens is 1. The first-order chi connectivity index (χ1) is 13.2. The predicted octanol–water partition coefficient (Wildman–Crippen LogP) is 3.66. The highest BCUT2D eigenvalue weighted by molar-refractivity contribution is 6.08. The Morgan fingerprint density at radius 1 is 0.963 bits per heavy atom. The van der Waals surface area contributed by atoms with E-state index in [-0.39, 0.29) is 12.5 Å². The second-order valence-electron chi connectivity index (χ2n) is 6.04. The molecule has 144 valence electrons. The predicted molar refractivity (Wildman–Crippen MR) is 103 cm³/mol. The van der Waals surface area contributed by atoms with Crippen molar-refractivity contribution in [1.29, 1.82) is 0 Å². The lowest BCUT2D eigenvalue weighted by Crippen LogP contribution is -2.11. The number of carbonyl (C=O) groups excluding carboxylic acids is 1. The first-order valence-corrected chi connectivity index (χ1v) is 8.84. The lowest BCUT2D eigenvalue weighted by Gasteiger charge is -2.07. The highest BCUT2D eigenvalue weighted by Crippen LogP contribution is 2.30. The van der Waals surface area contributed by atoms with Gasteiger partial charge in [-0.05, 0) is 24.3 Å². The number of amides is 1.